The summed E-state index contributed by atoms with van der Waals surface area (Å²) in [6.07, 6.45) is 4.72. The van der Waals surface area contributed by atoms with Crippen LogP contribution in [0.4, 0.5) is 0 Å². The highest BCUT2D eigenvalue weighted by Crippen LogP contribution is 2.28. The van der Waals surface area contributed by atoms with Gasteiger partial charge in [0, 0.05) is 39.0 Å². The summed E-state index contributed by atoms with van der Waals surface area (Å²) in [5.74, 6) is 0.589. The summed E-state index contributed by atoms with van der Waals surface area (Å²) in [5, 5.41) is 4.79. The van der Waals surface area contributed by atoms with E-state index in [4.69, 9.17) is 34.8 Å². The van der Waals surface area contributed by atoms with Crippen molar-refractivity contribution in [2.45, 2.75) is 63.4 Å². The number of carbonyl (C=O) groups excluding carboxylic acids is 2. The number of nitrogens with zero attached hydrogens (tertiary/aromatic N) is 1. The molecule has 1 aliphatic rings. The van der Waals surface area contributed by atoms with Gasteiger partial charge in [0.15, 0.2) is 0 Å². The number of nitrogens with one attached hydrogen (secondary N) is 1. The number of amides is 2. The van der Waals surface area contributed by atoms with Gasteiger partial charge in [0.05, 0.1) is 5.75 Å². The summed E-state index contributed by atoms with van der Waals surface area (Å²) in [7, 11) is 0. The zero-order valence-corrected chi connectivity index (χ0v) is 21.7. The smallest absolute Gasteiger partial charge is 0.243 e. The third-order valence-corrected chi connectivity index (χ3v) is 7.96. The van der Waals surface area contributed by atoms with Gasteiger partial charge in [-0.2, -0.15) is 0 Å². The van der Waals surface area contributed by atoms with Gasteiger partial charge in [-0.25, -0.2) is 0 Å². The van der Waals surface area contributed by atoms with Crippen molar-refractivity contribution in [2.24, 2.45) is 0 Å². The van der Waals surface area contributed by atoms with Crippen molar-refractivity contribution in [2.75, 3.05) is 5.75 Å². The second kappa shape index (κ2) is 12.9. The lowest BCUT2D eigenvalue weighted by molar-refractivity contribution is -0.139. The second-order valence-electron chi connectivity index (χ2n) is 8.22. The highest BCUT2D eigenvalue weighted by atomic mass is 35.5. The fourth-order valence-electron chi connectivity index (χ4n) is 4.09. The number of halogens is 3. The molecule has 0 heterocycles. The van der Waals surface area contributed by atoms with Crippen LogP contribution in [0.3, 0.4) is 0 Å². The van der Waals surface area contributed by atoms with Gasteiger partial charge in [-0.3, -0.25) is 9.59 Å². The number of thioether (sulfide) groups is 1. The van der Waals surface area contributed by atoms with Gasteiger partial charge in [0.25, 0.3) is 0 Å². The van der Waals surface area contributed by atoms with E-state index in [2.05, 4.69) is 5.32 Å². The highest BCUT2D eigenvalue weighted by Gasteiger charge is 2.31. The molecule has 178 valence electrons. The van der Waals surface area contributed by atoms with Crippen LogP contribution in [0, 0.1) is 0 Å². The predicted molar refractivity (Wildman–Crippen MR) is 139 cm³/mol. The summed E-state index contributed by atoms with van der Waals surface area (Å²) in [6, 6.07) is 12.4. The first-order chi connectivity index (χ1) is 15.9. The molecule has 3 rings (SSSR count). The Bertz CT molecular complexity index is 946. The Morgan fingerprint density at radius 3 is 2.30 bits per heavy atom. The van der Waals surface area contributed by atoms with Crippen LogP contribution in [0.5, 0.6) is 0 Å². The third kappa shape index (κ3) is 7.29. The quantitative estimate of drug-likeness (QED) is 0.372. The molecular weight excluding hydrogens is 499 g/mol. The van der Waals surface area contributed by atoms with Crippen molar-refractivity contribution in [1.29, 1.82) is 0 Å². The third-order valence-electron chi connectivity index (χ3n) is 5.92. The Labute approximate surface area is 215 Å². The largest absolute Gasteiger partial charge is 0.352 e. The van der Waals surface area contributed by atoms with E-state index in [1.165, 1.54) is 11.8 Å². The van der Waals surface area contributed by atoms with Crippen molar-refractivity contribution in [3.05, 3.63) is 68.7 Å². The average molecular weight is 528 g/mol. The zero-order valence-electron chi connectivity index (χ0n) is 18.7. The van der Waals surface area contributed by atoms with Crippen LogP contribution >= 0.6 is 46.6 Å². The molecule has 1 aliphatic carbocycles. The van der Waals surface area contributed by atoms with Crippen LogP contribution in [0.1, 0.15) is 50.2 Å². The molecule has 8 heteroatoms. The Morgan fingerprint density at radius 1 is 1.03 bits per heavy atom. The topological polar surface area (TPSA) is 49.4 Å². The monoisotopic (exact) mass is 526 g/mol. The van der Waals surface area contributed by atoms with Crippen LogP contribution in [0.2, 0.25) is 15.1 Å². The Kier molecular flexibility index (Phi) is 10.2. The van der Waals surface area contributed by atoms with Crippen LogP contribution in [-0.2, 0) is 21.9 Å². The lowest BCUT2D eigenvalue weighted by atomic mass is 10.1. The Balaban J connectivity index is 1.76. The molecule has 1 fully saturated rings. The first kappa shape index (κ1) is 26.2. The number of carbonyl (C=O) groups is 2. The normalized spacial score (nSPS) is 14.8. The SMILES string of the molecule is CC[C@H](C(=O)NC1CCCC1)N(Cc1c(Cl)cccc1Cl)C(=O)CSCc1ccccc1Cl. The van der Waals surface area contributed by atoms with Gasteiger partial charge < -0.3 is 10.2 Å². The van der Waals surface area contributed by atoms with E-state index in [1.807, 2.05) is 31.2 Å². The van der Waals surface area contributed by atoms with Crippen molar-refractivity contribution in [3.8, 4) is 0 Å². The standard InChI is InChI=1S/C25H29Cl3N2O2S/c1-2-23(25(32)29-18-9-4-5-10-18)30(14-19-21(27)12-7-13-22(19)28)24(31)16-33-15-17-8-3-6-11-20(17)26/h3,6-8,11-13,18,23H,2,4-5,9-10,14-16H2,1H3,(H,29,32)/t23-/m1/s1. The second-order valence-corrected chi connectivity index (χ2v) is 10.4. The Hall–Kier alpha value is -1.40. The molecule has 0 radical (unpaired) electrons. The molecule has 0 saturated heterocycles. The van der Waals surface area contributed by atoms with E-state index in [1.54, 1.807) is 23.1 Å². The summed E-state index contributed by atoms with van der Waals surface area (Å²) >= 11 is 20.5. The van der Waals surface area contributed by atoms with E-state index in [9.17, 15) is 9.59 Å². The van der Waals surface area contributed by atoms with Gasteiger partial charge >= 0.3 is 0 Å². The molecule has 1 saturated carbocycles. The molecule has 2 aromatic rings. The first-order valence-corrected chi connectivity index (χ1v) is 13.5. The van der Waals surface area contributed by atoms with E-state index in [0.717, 1.165) is 31.2 Å². The number of hydrogen-bond donors (Lipinski definition) is 1. The minimum absolute atomic E-state index is 0.114. The molecular formula is C25H29Cl3N2O2S. The van der Waals surface area contributed by atoms with E-state index < -0.39 is 6.04 Å². The van der Waals surface area contributed by atoms with E-state index in [-0.39, 0.29) is 30.2 Å². The molecule has 0 bridgehead atoms. The molecule has 0 unspecified atom stereocenters. The fourth-order valence-corrected chi connectivity index (χ4v) is 5.80. The fraction of sp³-hybridized carbons (Fsp3) is 0.440. The van der Waals surface area contributed by atoms with E-state index in [0.29, 0.717) is 32.8 Å². The molecule has 2 amide bonds. The average Bonchev–Trinajstić information content (AvgIpc) is 3.29. The summed E-state index contributed by atoms with van der Waals surface area (Å²) in [6.45, 7) is 2.10. The van der Waals surface area contributed by atoms with Crippen molar-refractivity contribution < 1.29 is 9.59 Å². The van der Waals surface area contributed by atoms with Crippen LogP contribution in [0.25, 0.3) is 0 Å². The summed E-state index contributed by atoms with van der Waals surface area (Å²) < 4.78 is 0. The number of rotatable bonds is 10. The van der Waals surface area contributed by atoms with Gasteiger partial charge in [0.1, 0.15) is 6.04 Å². The Morgan fingerprint density at radius 2 is 1.67 bits per heavy atom. The molecule has 4 nitrogen and oxygen atoms in total. The molecule has 2 aromatic carbocycles. The van der Waals surface area contributed by atoms with Crippen molar-refractivity contribution in [1.82, 2.24) is 10.2 Å². The highest BCUT2D eigenvalue weighted by molar-refractivity contribution is 7.99. The maximum absolute atomic E-state index is 13.4. The van der Waals surface area contributed by atoms with Crippen molar-refractivity contribution in [3.63, 3.8) is 0 Å². The first-order valence-electron chi connectivity index (χ1n) is 11.2. The molecule has 1 atom stereocenters. The molecule has 0 aliphatic heterocycles. The molecule has 0 spiro atoms. The van der Waals surface area contributed by atoms with Gasteiger partial charge in [0.2, 0.25) is 11.8 Å². The van der Waals surface area contributed by atoms with Gasteiger partial charge in [-0.15, -0.1) is 11.8 Å². The van der Waals surface area contributed by atoms with Crippen LogP contribution in [-0.4, -0.2) is 34.6 Å². The van der Waals surface area contributed by atoms with E-state index >= 15 is 0 Å². The minimum atomic E-state index is -0.591. The molecule has 1 N–H and O–H groups in total. The van der Waals surface area contributed by atoms with Gasteiger partial charge in [-0.05, 0) is 43.0 Å². The number of hydrogen-bond acceptors (Lipinski definition) is 3. The summed E-state index contributed by atoms with van der Waals surface area (Å²) in [5.41, 5.74) is 1.63. The summed E-state index contributed by atoms with van der Waals surface area (Å²) in [4.78, 5) is 28.2. The lowest BCUT2D eigenvalue weighted by Crippen LogP contribution is -2.51. The van der Waals surface area contributed by atoms with Crippen LogP contribution in [0.15, 0.2) is 42.5 Å². The zero-order chi connectivity index (χ0) is 23.8. The van der Waals surface area contributed by atoms with Crippen molar-refractivity contribution >= 4 is 58.4 Å². The minimum Gasteiger partial charge on any atom is -0.352 e. The van der Waals surface area contributed by atoms with Gasteiger partial charge in [-0.1, -0.05) is 78.8 Å². The lowest BCUT2D eigenvalue weighted by Gasteiger charge is -2.32. The molecule has 33 heavy (non-hydrogen) atoms. The predicted octanol–water partition coefficient (Wildman–Crippen LogP) is 6.75. The molecule has 0 aromatic heterocycles. The van der Waals surface area contributed by atoms with Crippen LogP contribution < -0.4 is 5.32 Å². The number of benzene rings is 2. The maximum atomic E-state index is 13.4. The maximum Gasteiger partial charge on any atom is 0.243 e.